The topological polar surface area (TPSA) is 112 Å². The quantitative estimate of drug-likeness (QED) is 0.635. The van der Waals surface area contributed by atoms with Crippen molar-refractivity contribution in [3.05, 3.63) is 34.2 Å². The summed E-state index contributed by atoms with van der Waals surface area (Å²) in [6.45, 7) is 4.96. The Bertz CT molecular complexity index is 506. The molecule has 2 atom stereocenters. The van der Waals surface area contributed by atoms with E-state index in [9.17, 15) is 19.8 Å². The first-order valence-corrected chi connectivity index (χ1v) is 6.20. The van der Waals surface area contributed by atoms with Crippen LogP contribution in [0.25, 0.3) is 0 Å². The molecule has 0 aliphatic rings. The maximum Gasteiger partial charge on any atom is 0.407 e. The van der Waals surface area contributed by atoms with Gasteiger partial charge in [-0.1, -0.05) is 0 Å². The number of nitrogens with one attached hydrogen (secondary N) is 2. The Kier molecular flexibility index (Phi) is 5.29. The molecule has 0 fully saturated rings. The van der Waals surface area contributed by atoms with Gasteiger partial charge in [-0.25, -0.2) is 4.79 Å². The van der Waals surface area contributed by atoms with Gasteiger partial charge in [0, 0.05) is 18.8 Å². The van der Waals surface area contributed by atoms with Gasteiger partial charge in [0.25, 0.3) is 0 Å². The van der Waals surface area contributed by atoms with Crippen molar-refractivity contribution in [2.45, 2.75) is 38.6 Å². The van der Waals surface area contributed by atoms with E-state index in [0.29, 0.717) is 0 Å². The van der Waals surface area contributed by atoms with Crippen molar-refractivity contribution in [1.29, 1.82) is 0 Å². The van der Waals surface area contributed by atoms with Crippen LogP contribution in [-0.4, -0.2) is 39.5 Å². The molecule has 1 amide bonds. The van der Waals surface area contributed by atoms with Crippen LogP contribution in [-0.2, 0) is 4.74 Å². The molecule has 7 heteroatoms. The van der Waals surface area contributed by atoms with Gasteiger partial charge in [0.05, 0.1) is 0 Å². The second-order valence-electron chi connectivity index (χ2n) is 5.38. The van der Waals surface area contributed by atoms with E-state index in [2.05, 4.69) is 10.3 Å². The molecule has 1 aromatic rings. The number of carbonyl (C=O) groups excluding carboxylic acids is 1. The zero-order valence-corrected chi connectivity index (χ0v) is 11.7. The first-order valence-electron chi connectivity index (χ1n) is 6.20. The van der Waals surface area contributed by atoms with Crippen LogP contribution in [0.15, 0.2) is 23.1 Å². The Labute approximate surface area is 116 Å². The third-order valence-corrected chi connectivity index (χ3v) is 2.36. The molecule has 0 aliphatic carbocycles. The molecule has 20 heavy (non-hydrogen) atoms. The lowest BCUT2D eigenvalue weighted by Gasteiger charge is -2.22. The van der Waals surface area contributed by atoms with Crippen molar-refractivity contribution in [3.8, 4) is 0 Å². The van der Waals surface area contributed by atoms with Crippen LogP contribution >= 0.6 is 0 Å². The van der Waals surface area contributed by atoms with Crippen LogP contribution in [0.5, 0.6) is 0 Å². The first kappa shape index (κ1) is 16.2. The summed E-state index contributed by atoms with van der Waals surface area (Å²) in [6, 6.07) is 2.66. The molecule has 4 N–H and O–H groups in total. The number of H-pyrrole nitrogens is 1. The highest BCUT2D eigenvalue weighted by molar-refractivity contribution is 5.67. The normalized spacial score (nSPS) is 14.4. The Morgan fingerprint density at radius 3 is 2.65 bits per heavy atom. The number of ether oxygens (including phenoxy) is 1. The third kappa shape index (κ3) is 5.41. The zero-order chi connectivity index (χ0) is 15.3. The van der Waals surface area contributed by atoms with E-state index in [1.165, 1.54) is 18.3 Å². The fourth-order valence-electron chi connectivity index (χ4n) is 1.48. The van der Waals surface area contributed by atoms with E-state index in [0.717, 1.165) is 0 Å². The predicted molar refractivity (Wildman–Crippen MR) is 72.3 cm³/mol. The number of alkyl carbamates (subject to hydrolysis) is 1. The van der Waals surface area contributed by atoms with E-state index < -0.39 is 23.9 Å². The first-order chi connectivity index (χ1) is 9.19. The van der Waals surface area contributed by atoms with E-state index >= 15 is 0 Å². The number of aliphatic hydroxyl groups excluding tert-OH is 2. The minimum absolute atomic E-state index is 0.192. The molecule has 7 nitrogen and oxygen atoms in total. The molecule has 0 aliphatic heterocycles. The second-order valence-corrected chi connectivity index (χ2v) is 5.38. The van der Waals surface area contributed by atoms with Crippen molar-refractivity contribution in [3.63, 3.8) is 0 Å². The van der Waals surface area contributed by atoms with Crippen LogP contribution in [0.4, 0.5) is 4.79 Å². The average molecular weight is 284 g/mol. The number of amides is 1. The number of carbonyl (C=O) groups is 1. The summed E-state index contributed by atoms with van der Waals surface area (Å²) in [5.41, 5.74) is -0.749. The minimum atomic E-state index is -1.27. The van der Waals surface area contributed by atoms with Crippen molar-refractivity contribution < 1.29 is 19.7 Å². The lowest BCUT2D eigenvalue weighted by Crippen LogP contribution is -2.39. The highest BCUT2D eigenvalue weighted by Crippen LogP contribution is 2.14. The summed E-state index contributed by atoms with van der Waals surface area (Å²) in [5.74, 6) is 0. The molecular formula is C13H20N2O5. The fourth-order valence-corrected chi connectivity index (χ4v) is 1.48. The van der Waals surface area contributed by atoms with Gasteiger partial charge in [-0.05, 0) is 32.4 Å². The van der Waals surface area contributed by atoms with Crippen molar-refractivity contribution in [2.75, 3.05) is 6.54 Å². The molecule has 1 aromatic heterocycles. The Morgan fingerprint density at radius 2 is 2.10 bits per heavy atom. The van der Waals surface area contributed by atoms with Crippen molar-refractivity contribution >= 4 is 6.09 Å². The van der Waals surface area contributed by atoms with Gasteiger partial charge in [0.15, 0.2) is 0 Å². The zero-order valence-electron chi connectivity index (χ0n) is 11.7. The molecule has 0 radical (unpaired) electrons. The van der Waals surface area contributed by atoms with Gasteiger partial charge in [-0.3, -0.25) is 4.79 Å². The van der Waals surface area contributed by atoms with Crippen LogP contribution in [0.1, 0.15) is 32.4 Å². The van der Waals surface area contributed by atoms with Gasteiger partial charge in [-0.2, -0.15) is 0 Å². The molecule has 0 saturated heterocycles. The van der Waals surface area contributed by atoms with Crippen molar-refractivity contribution in [2.24, 2.45) is 0 Å². The fraction of sp³-hybridized carbons (Fsp3) is 0.538. The van der Waals surface area contributed by atoms with Crippen LogP contribution in [0.3, 0.4) is 0 Å². The highest BCUT2D eigenvalue weighted by Gasteiger charge is 2.21. The molecule has 2 unspecified atom stereocenters. The monoisotopic (exact) mass is 284 g/mol. The van der Waals surface area contributed by atoms with E-state index in [4.69, 9.17) is 4.74 Å². The largest absolute Gasteiger partial charge is 0.444 e. The van der Waals surface area contributed by atoms with Crippen LogP contribution < -0.4 is 10.9 Å². The smallest absolute Gasteiger partial charge is 0.407 e. The molecular weight excluding hydrogens is 264 g/mol. The number of aliphatic hydroxyl groups is 2. The Hall–Kier alpha value is -1.86. The molecule has 112 valence electrons. The highest BCUT2D eigenvalue weighted by atomic mass is 16.6. The van der Waals surface area contributed by atoms with Crippen LogP contribution in [0, 0.1) is 0 Å². The SMILES string of the molecule is CC(C)(C)OC(=O)NCC(O)C(O)c1cc[nH]c(=O)c1. The molecule has 0 bridgehead atoms. The minimum Gasteiger partial charge on any atom is -0.444 e. The molecule has 0 spiro atoms. The molecule has 1 heterocycles. The number of hydrogen-bond acceptors (Lipinski definition) is 5. The number of hydrogen-bond donors (Lipinski definition) is 4. The standard InChI is InChI=1S/C13H20N2O5/c1-13(2,3)20-12(19)15-7-9(16)11(18)8-4-5-14-10(17)6-8/h4-6,9,11,16,18H,7H2,1-3H3,(H,14,17)(H,15,19). The second kappa shape index (κ2) is 6.53. The summed E-state index contributed by atoms with van der Waals surface area (Å²) < 4.78 is 4.99. The van der Waals surface area contributed by atoms with Gasteiger partial charge in [0.2, 0.25) is 5.56 Å². The maximum absolute atomic E-state index is 11.4. The van der Waals surface area contributed by atoms with Gasteiger partial charge < -0.3 is 25.3 Å². The molecule has 0 aromatic carbocycles. The van der Waals surface area contributed by atoms with Crippen molar-refractivity contribution in [1.82, 2.24) is 10.3 Å². The Morgan fingerprint density at radius 1 is 1.45 bits per heavy atom. The summed E-state index contributed by atoms with van der Waals surface area (Å²) >= 11 is 0. The number of pyridine rings is 1. The summed E-state index contributed by atoms with van der Waals surface area (Å²) in [7, 11) is 0. The summed E-state index contributed by atoms with van der Waals surface area (Å²) in [4.78, 5) is 24.9. The third-order valence-electron chi connectivity index (χ3n) is 2.36. The lowest BCUT2D eigenvalue weighted by atomic mass is 10.1. The Balaban J connectivity index is 2.52. The predicted octanol–water partition coefficient (Wildman–Crippen LogP) is 0.294. The van der Waals surface area contributed by atoms with E-state index in [-0.39, 0.29) is 17.7 Å². The number of aromatic nitrogens is 1. The van der Waals surface area contributed by atoms with Gasteiger partial charge >= 0.3 is 6.09 Å². The average Bonchev–Trinajstić information content (AvgIpc) is 2.33. The molecule has 0 saturated carbocycles. The van der Waals surface area contributed by atoms with Gasteiger partial charge in [0.1, 0.15) is 17.8 Å². The van der Waals surface area contributed by atoms with Crippen LogP contribution in [0.2, 0.25) is 0 Å². The maximum atomic E-state index is 11.4. The number of rotatable bonds is 4. The summed E-state index contributed by atoms with van der Waals surface area (Å²) in [6.07, 6.45) is -1.83. The van der Waals surface area contributed by atoms with E-state index in [1.54, 1.807) is 20.8 Å². The van der Waals surface area contributed by atoms with Gasteiger partial charge in [-0.15, -0.1) is 0 Å². The molecule has 1 rings (SSSR count). The lowest BCUT2D eigenvalue weighted by molar-refractivity contribution is 0.0128. The van der Waals surface area contributed by atoms with E-state index in [1.807, 2.05) is 0 Å². The number of aromatic amines is 1. The summed E-state index contributed by atoms with van der Waals surface area (Å²) in [5, 5.41) is 22.0.